The first-order chi connectivity index (χ1) is 9.61. The summed E-state index contributed by atoms with van der Waals surface area (Å²) in [7, 11) is 0. The van der Waals surface area contributed by atoms with Crippen molar-refractivity contribution in [2.24, 2.45) is 0 Å². The molecule has 1 amide bonds. The number of halogens is 1. The quantitative estimate of drug-likeness (QED) is 0.873. The Balaban J connectivity index is 1.90. The maximum absolute atomic E-state index is 12.1. The molecule has 1 aromatic carbocycles. The lowest BCUT2D eigenvalue weighted by Gasteiger charge is -2.23. The summed E-state index contributed by atoms with van der Waals surface area (Å²) in [6, 6.07) is 7.52. The van der Waals surface area contributed by atoms with Crippen LogP contribution in [0.25, 0.3) is 0 Å². The largest absolute Gasteiger partial charge is 0.395 e. The molecule has 4 nitrogen and oxygen atoms in total. The summed E-state index contributed by atoms with van der Waals surface area (Å²) in [6.45, 7) is 3.25. The topological polar surface area (TPSA) is 52.6 Å². The van der Waals surface area contributed by atoms with Crippen molar-refractivity contribution in [3.05, 3.63) is 34.9 Å². The van der Waals surface area contributed by atoms with Crippen molar-refractivity contribution < 1.29 is 9.90 Å². The van der Waals surface area contributed by atoms with E-state index in [1.54, 1.807) is 0 Å². The number of nitrogens with one attached hydrogen (secondary N) is 1. The lowest BCUT2D eigenvalue weighted by molar-refractivity contribution is -0.123. The second kappa shape index (κ2) is 7.07. The van der Waals surface area contributed by atoms with Crippen molar-refractivity contribution in [2.45, 2.75) is 31.8 Å². The van der Waals surface area contributed by atoms with Gasteiger partial charge in [0.2, 0.25) is 5.91 Å². The number of benzene rings is 1. The van der Waals surface area contributed by atoms with Gasteiger partial charge >= 0.3 is 0 Å². The number of carbonyl (C=O) groups excluding carboxylic acids is 1. The van der Waals surface area contributed by atoms with Crippen LogP contribution in [0.5, 0.6) is 0 Å². The van der Waals surface area contributed by atoms with Crippen molar-refractivity contribution in [3.63, 3.8) is 0 Å². The monoisotopic (exact) mass is 296 g/mol. The van der Waals surface area contributed by atoms with E-state index >= 15 is 0 Å². The summed E-state index contributed by atoms with van der Waals surface area (Å²) in [4.78, 5) is 14.1. The van der Waals surface area contributed by atoms with E-state index in [1.165, 1.54) is 0 Å². The number of aliphatic hydroxyl groups excluding tert-OH is 1. The second-order valence-electron chi connectivity index (χ2n) is 5.26. The van der Waals surface area contributed by atoms with E-state index in [2.05, 4.69) is 5.32 Å². The Kier molecular flexibility index (Phi) is 5.40. The van der Waals surface area contributed by atoms with Gasteiger partial charge in [-0.15, -0.1) is 0 Å². The summed E-state index contributed by atoms with van der Waals surface area (Å²) < 4.78 is 0. The van der Waals surface area contributed by atoms with E-state index in [4.69, 9.17) is 11.6 Å². The number of carbonyl (C=O) groups is 1. The van der Waals surface area contributed by atoms with E-state index < -0.39 is 0 Å². The van der Waals surface area contributed by atoms with Crippen LogP contribution in [0.2, 0.25) is 5.02 Å². The van der Waals surface area contributed by atoms with E-state index in [1.807, 2.05) is 36.1 Å². The third-order valence-corrected chi connectivity index (χ3v) is 4.15. The van der Waals surface area contributed by atoms with Gasteiger partial charge in [0.1, 0.15) is 0 Å². The molecule has 20 heavy (non-hydrogen) atoms. The molecule has 0 saturated carbocycles. The first-order valence-electron chi connectivity index (χ1n) is 7.00. The minimum atomic E-state index is -0.119. The normalized spacial score (nSPS) is 20.9. The van der Waals surface area contributed by atoms with Gasteiger partial charge in [-0.25, -0.2) is 0 Å². The van der Waals surface area contributed by atoms with Crippen LogP contribution in [0.1, 0.15) is 31.4 Å². The predicted octanol–water partition coefficient (Wildman–Crippen LogP) is 1.97. The third kappa shape index (κ3) is 3.72. The summed E-state index contributed by atoms with van der Waals surface area (Å²) in [5, 5.41) is 12.9. The molecule has 0 bridgehead atoms. The molecular formula is C15H21ClN2O2. The summed E-state index contributed by atoms with van der Waals surface area (Å²) in [5.41, 5.74) is 0.919. The fraction of sp³-hybridized carbons (Fsp3) is 0.533. The van der Waals surface area contributed by atoms with Gasteiger partial charge in [0.15, 0.2) is 0 Å². The van der Waals surface area contributed by atoms with Gasteiger partial charge in [0.25, 0.3) is 0 Å². The zero-order valence-electron chi connectivity index (χ0n) is 11.7. The van der Waals surface area contributed by atoms with Gasteiger partial charge in [0.05, 0.1) is 19.2 Å². The fourth-order valence-electron chi connectivity index (χ4n) is 2.69. The molecule has 2 atom stereocenters. The zero-order valence-corrected chi connectivity index (χ0v) is 12.4. The molecule has 2 N–H and O–H groups in total. The molecule has 2 unspecified atom stereocenters. The average Bonchev–Trinajstić information content (AvgIpc) is 2.86. The number of amides is 1. The maximum atomic E-state index is 12.1. The Hall–Kier alpha value is -1.10. The smallest absolute Gasteiger partial charge is 0.234 e. The highest BCUT2D eigenvalue weighted by atomic mass is 35.5. The van der Waals surface area contributed by atoms with Crippen molar-refractivity contribution in [1.82, 2.24) is 10.2 Å². The zero-order chi connectivity index (χ0) is 14.5. The number of aliphatic hydroxyl groups is 1. The Labute approximate surface area is 124 Å². The molecule has 0 aliphatic carbocycles. The molecule has 0 spiro atoms. The maximum Gasteiger partial charge on any atom is 0.234 e. The van der Waals surface area contributed by atoms with E-state index in [9.17, 15) is 9.90 Å². The van der Waals surface area contributed by atoms with E-state index in [0.717, 1.165) is 24.9 Å². The summed E-state index contributed by atoms with van der Waals surface area (Å²) in [5.74, 6) is -0.0298. The minimum absolute atomic E-state index is 0.0298. The van der Waals surface area contributed by atoms with Crippen molar-refractivity contribution >= 4 is 17.5 Å². The second-order valence-corrected chi connectivity index (χ2v) is 5.67. The lowest BCUT2D eigenvalue weighted by atomic mass is 10.1. The van der Waals surface area contributed by atoms with Crippen LogP contribution in [-0.2, 0) is 4.79 Å². The molecule has 1 saturated heterocycles. The highest BCUT2D eigenvalue weighted by molar-refractivity contribution is 6.31. The molecule has 1 aromatic rings. The average molecular weight is 297 g/mol. The molecule has 0 aromatic heterocycles. The predicted molar refractivity (Wildman–Crippen MR) is 79.7 cm³/mol. The molecule has 1 aliphatic rings. The Morgan fingerprint density at radius 2 is 2.30 bits per heavy atom. The highest BCUT2D eigenvalue weighted by Gasteiger charge is 2.25. The van der Waals surface area contributed by atoms with Crippen LogP contribution in [0.4, 0.5) is 0 Å². The van der Waals surface area contributed by atoms with Crippen molar-refractivity contribution in [3.8, 4) is 0 Å². The van der Waals surface area contributed by atoms with Gasteiger partial charge in [-0.2, -0.15) is 0 Å². The number of hydrogen-bond donors (Lipinski definition) is 2. The van der Waals surface area contributed by atoms with Crippen LogP contribution in [0, 0.1) is 0 Å². The molecule has 110 valence electrons. The minimum Gasteiger partial charge on any atom is -0.395 e. The van der Waals surface area contributed by atoms with Crippen molar-refractivity contribution in [1.29, 1.82) is 0 Å². The molecule has 1 fully saturated rings. The van der Waals surface area contributed by atoms with Crippen LogP contribution < -0.4 is 5.32 Å². The molecular weight excluding hydrogens is 276 g/mol. The van der Waals surface area contributed by atoms with Gasteiger partial charge in [0, 0.05) is 11.1 Å². The Morgan fingerprint density at radius 1 is 1.55 bits per heavy atom. The van der Waals surface area contributed by atoms with E-state index in [-0.39, 0.29) is 24.6 Å². The fourth-order valence-corrected chi connectivity index (χ4v) is 2.99. The molecule has 2 rings (SSSR count). The standard InChI is InChI=1S/C15H21ClN2O2/c1-11(13-6-2-3-7-14(13)16)17-15(20)9-18-8-4-5-12(18)10-19/h2-3,6-7,11-12,19H,4-5,8-10H2,1H3,(H,17,20). The third-order valence-electron chi connectivity index (χ3n) is 3.81. The van der Waals surface area contributed by atoms with Crippen LogP contribution in [0.3, 0.4) is 0 Å². The Bertz CT molecular complexity index is 467. The van der Waals surface area contributed by atoms with Gasteiger partial charge in [-0.1, -0.05) is 29.8 Å². The first-order valence-corrected chi connectivity index (χ1v) is 7.38. The number of rotatable bonds is 5. The number of hydrogen-bond acceptors (Lipinski definition) is 3. The van der Waals surface area contributed by atoms with Crippen LogP contribution >= 0.6 is 11.6 Å². The molecule has 1 aliphatic heterocycles. The van der Waals surface area contributed by atoms with Gasteiger partial charge in [-0.3, -0.25) is 9.69 Å². The Morgan fingerprint density at radius 3 is 3.00 bits per heavy atom. The summed E-state index contributed by atoms with van der Waals surface area (Å²) in [6.07, 6.45) is 2.00. The highest BCUT2D eigenvalue weighted by Crippen LogP contribution is 2.22. The van der Waals surface area contributed by atoms with E-state index in [0.29, 0.717) is 11.6 Å². The molecule has 1 heterocycles. The lowest BCUT2D eigenvalue weighted by Crippen LogP contribution is -2.41. The number of likely N-dealkylation sites (tertiary alicyclic amines) is 1. The van der Waals surface area contributed by atoms with Gasteiger partial charge in [-0.05, 0) is 37.9 Å². The van der Waals surface area contributed by atoms with Crippen molar-refractivity contribution in [2.75, 3.05) is 19.7 Å². The van der Waals surface area contributed by atoms with Crippen LogP contribution in [-0.4, -0.2) is 41.7 Å². The molecule has 0 radical (unpaired) electrons. The SMILES string of the molecule is CC(NC(=O)CN1CCCC1CO)c1ccccc1Cl. The summed E-state index contributed by atoms with van der Waals surface area (Å²) >= 11 is 6.12. The first kappa shape index (κ1) is 15.3. The van der Waals surface area contributed by atoms with Gasteiger partial charge < -0.3 is 10.4 Å². The molecule has 5 heteroatoms. The van der Waals surface area contributed by atoms with Crippen LogP contribution in [0.15, 0.2) is 24.3 Å². The number of nitrogens with zero attached hydrogens (tertiary/aromatic N) is 1.